The smallest absolute Gasteiger partial charge is 0.287 e. The lowest BCUT2D eigenvalue weighted by atomic mass is 10.2. The average molecular weight is 365 g/mol. The van der Waals surface area contributed by atoms with Crippen molar-refractivity contribution < 1.29 is 22.4 Å². The zero-order chi connectivity index (χ0) is 17.7. The van der Waals surface area contributed by atoms with Crippen molar-refractivity contribution in [2.24, 2.45) is 0 Å². The van der Waals surface area contributed by atoms with E-state index in [-0.39, 0.29) is 23.9 Å². The van der Waals surface area contributed by atoms with E-state index in [0.717, 1.165) is 5.56 Å². The highest BCUT2D eigenvalue weighted by molar-refractivity contribution is 7.89. The van der Waals surface area contributed by atoms with Gasteiger partial charge in [0.2, 0.25) is 5.09 Å². The number of carbonyl (C=O) groups is 1. The molecule has 0 aromatic carbocycles. The van der Waals surface area contributed by atoms with Crippen LogP contribution in [-0.4, -0.2) is 56.5 Å². The summed E-state index contributed by atoms with van der Waals surface area (Å²) in [6, 6.07) is 6.42. The zero-order valence-electron chi connectivity index (χ0n) is 13.6. The van der Waals surface area contributed by atoms with Gasteiger partial charge in [-0.1, -0.05) is 6.07 Å². The molecule has 1 amide bonds. The van der Waals surface area contributed by atoms with Crippen molar-refractivity contribution in [2.45, 2.75) is 11.5 Å². The van der Waals surface area contributed by atoms with Gasteiger partial charge >= 0.3 is 0 Å². The highest BCUT2D eigenvalue weighted by Crippen LogP contribution is 2.19. The van der Waals surface area contributed by atoms with E-state index in [9.17, 15) is 13.2 Å². The topological polar surface area (TPSA) is 102 Å². The van der Waals surface area contributed by atoms with Crippen LogP contribution < -0.4 is 5.32 Å². The van der Waals surface area contributed by atoms with Gasteiger partial charge in [-0.2, -0.15) is 4.31 Å². The van der Waals surface area contributed by atoms with Gasteiger partial charge in [-0.25, -0.2) is 8.42 Å². The van der Waals surface area contributed by atoms with E-state index >= 15 is 0 Å². The number of sulfonamides is 1. The van der Waals surface area contributed by atoms with Gasteiger partial charge < -0.3 is 14.5 Å². The normalized spacial score (nSPS) is 15.8. The molecular formula is C16H19N3O5S. The SMILES string of the molecule is O=C(NCCc1cccnc1)c1ccc(S(=O)(=O)N2CCOCC2)o1. The summed E-state index contributed by atoms with van der Waals surface area (Å²) in [6.07, 6.45) is 4.03. The number of amides is 1. The summed E-state index contributed by atoms with van der Waals surface area (Å²) in [5, 5.41) is 2.47. The van der Waals surface area contributed by atoms with Crippen molar-refractivity contribution >= 4 is 15.9 Å². The van der Waals surface area contributed by atoms with Gasteiger partial charge in [0.05, 0.1) is 13.2 Å². The molecule has 3 rings (SSSR count). The first-order chi connectivity index (χ1) is 12.1. The number of aromatic nitrogens is 1. The first-order valence-electron chi connectivity index (χ1n) is 7.92. The van der Waals surface area contributed by atoms with Gasteiger partial charge in [0.15, 0.2) is 5.76 Å². The Balaban J connectivity index is 1.59. The largest absolute Gasteiger partial charge is 0.438 e. The Morgan fingerprint density at radius 3 is 2.76 bits per heavy atom. The summed E-state index contributed by atoms with van der Waals surface area (Å²) in [4.78, 5) is 16.1. The van der Waals surface area contributed by atoms with Crippen LogP contribution in [0.2, 0.25) is 0 Å². The molecule has 134 valence electrons. The van der Waals surface area contributed by atoms with E-state index < -0.39 is 15.9 Å². The lowest BCUT2D eigenvalue weighted by Crippen LogP contribution is -2.40. The average Bonchev–Trinajstić information content (AvgIpc) is 3.14. The van der Waals surface area contributed by atoms with Gasteiger partial charge in [-0.15, -0.1) is 0 Å². The minimum absolute atomic E-state index is 0.0296. The molecule has 9 heteroatoms. The third kappa shape index (κ3) is 4.25. The zero-order valence-corrected chi connectivity index (χ0v) is 14.4. The summed E-state index contributed by atoms with van der Waals surface area (Å²) >= 11 is 0. The molecule has 0 saturated carbocycles. The molecule has 1 aliphatic heterocycles. The fourth-order valence-electron chi connectivity index (χ4n) is 2.45. The van der Waals surface area contributed by atoms with E-state index in [2.05, 4.69) is 10.3 Å². The molecule has 0 radical (unpaired) electrons. The summed E-state index contributed by atoms with van der Waals surface area (Å²) in [5.41, 5.74) is 0.998. The van der Waals surface area contributed by atoms with Crippen LogP contribution in [0.5, 0.6) is 0 Å². The number of nitrogens with one attached hydrogen (secondary N) is 1. The maximum absolute atomic E-state index is 12.5. The molecule has 8 nitrogen and oxygen atoms in total. The number of rotatable bonds is 6. The van der Waals surface area contributed by atoms with Gasteiger partial charge in [-0.3, -0.25) is 9.78 Å². The predicted molar refractivity (Wildman–Crippen MR) is 88.6 cm³/mol. The molecule has 1 fully saturated rings. The minimum Gasteiger partial charge on any atom is -0.438 e. The Morgan fingerprint density at radius 2 is 2.04 bits per heavy atom. The van der Waals surface area contributed by atoms with Gasteiger partial charge in [0.25, 0.3) is 15.9 Å². The van der Waals surface area contributed by atoms with Gasteiger partial charge in [-0.05, 0) is 30.2 Å². The lowest BCUT2D eigenvalue weighted by molar-refractivity contribution is 0.0722. The minimum atomic E-state index is -3.74. The van der Waals surface area contributed by atoms with Crippen LogP contribution in [0.15, 0.2) is 46.2 Å². The summed E-state index contributed by atoms with van der Waals surface area (Å²) in [6.45, 7) is 1.64. The Bertz CT molecular complexity index is 813. The van der Waals surface area contributed by atoms with E-state index in [1.807, 2.05) is 12.1 Å². The Labute approximate surface area is 145 Å². The number of nitrogens with zero attached hydrogens (tertiary/aromatic N) is 2. The highest BCUT2D eigenvalue weighted by Gasteiger charge is 2.29. The second kappa shape index (κ2) is 7.77. The van der Waals surface area contributed by atoms with Crippen LogP contribution in [0.25, 0.3) is 0 Å². The second-order valence-electron chi connectivity index (χ2n) is 5.50. The van der Waals surface area contributed by atoms with Gasteiger partial charge in [0.1, 0.15) is 0 Å². The monoisotopic (exact) mass is 365 g/mol. The van der Waals surface area contributed by atoms with Crippen LogP contribution in [-0.2, 0) is 21.2 Å². The van der Waals surface area contributed by atoms with Crippen LogP contribution in [0.4, 0.5) is 0 Å². The Morgan fingerprint density at radius 1 is 1.24 bits per heavy atom. The van der Waals surface area contributed by atoms with Crippen LogP contribution in [0.1, 0.15) is 16.1 Å². The number of hydrogen-bond donors (Lipinski definition) is 1. The van der Waals surface area contributed by atoms with Crippen molar-refractivity contribution in [1.29, 1.82) is 0 Å². The molecule has 0 spiro atoms. The standard InChI is InChI=1S/C16H19N3O5S/c20-16(18-7-5-13-2-1-6-17-12-13)14-3-4-15(24-14)25(21,22)19-8-10-23-11-9-19/h1-4,6,12H,5,7-11H2,(H,18,20). The van der Waals surface area contributed by atoms with Gasteiger partial charge in [0, 0.05) is 32.0 Å². The molecule has 25 heavy (non-hydrogen) atoms. The Hall–Kier alpha value is -2.23. The van der Waals surface area contributed by atoms with Crippen LogP contribution in [0, 0.1) is 0 Å². The molecule has 0 unspecified atom stereocenters. The molecule has 3 heterocycles. The first kappa shape index (κ1) is 17.6. The number of carbonyl (C=O) groups excluding carboxylic acids is 1. The van der Waals surface area contributed by atoms with E-state index in [0.29, 0.717) is 26.2 Å². The number of hydrogen-bond acceptors (Lipinski definition) is 6. The number of ether oxygens (including phenoxy) is 1. The molecular weight excluding hydrogens is 346 g/mol. The lowest BCUT2D eigenvalue weighted by Gasteiger charge is -2.24. The second-order valence-corrected chi connectivity index (χ2v) is 7.37. The number of pyridine rings is 1. The van der Waals surface area contributed by atoms with Crippen LogP contribution >= 0.6 is 0 Å². The fourth-order valence-corrected chi connectivity index (χ4v) is 3.77. The van der Waals surface area contributed by atoms with E-state index in [4.69, 9.17) is 9.15 Å². The molecule has 0 aliphatic carbocycles. The molecule has 0 bridgehead atoms. The molecule has 2 aromatic heterocycles. The van der Waals surface area contributed by atoms with Crippen molar-refractivity contribution in [3.63, 3.8) is 0 Å². The van der Waals surface area contributed by atoms with Crippen molar-refractivity contribution in [3.8, 4) is 0 Å². The van der Waals surface area contributed by atoms with Crippen molar-refractivity contribution in [2.75, 3.05) is 32.8 Å². The maximum atomic E-state index is 12.5. The van der Waals surface area contributed by atoms with Crippen molar-refractivity contribution in [3.05, 3.63) is 48.0 Å². The molecule has 2 aromatic rings. The van der Waals surface area contributed by atoms with E-state index in [1.165, 1.54) is 16.4 Å². The molecule has 0 atom stereocenters. The third-order valence-electron chi connectivity index (χ3n) is 3.79. The number of morpholine rings is 1. The summed E-state index contributed by atoms with van der Waals surface area (Å²) in [7, 11) is -3.74. The Kier molecular flexibility index (Phi) is 5.47. The maximum Gasteiger partial charge on any atom is 0.287 e. The fraction of sp³-hybridized carbons (Fsp3) is 0.375. The highest BCUT2D eigenvalue weighted by atomic mass is 32.2. The van der Waals surface area contributed by atoms with Crippen LogP contribution in [0.3, 0.4) is 0 Å². The third-order valence-corrected chi connectivity index (χ3v) is 5.56. The summed E-state index contributed by atoms with van der Waals surface area (Å²) < 4.78 is 36.6. The molecule has 1 aliphatic rings. The van der Waals surface area contributed by atoms with Crippen molar-refractivity contribution in [1.82, 2.24) is 14.6 Å². The first-order valence-corrected chi connectivity index (χ1v) is 9.36. The number of furan rings is 1. The quantitative estimate of drug-likeness (QED) is 0.807. The molecule has 1 N–H and O–H groups in total. The summed E-state index contributed by atoms with van der Waals surface area (Å²) in [5.74, 6) is -0.481. The predicted octanol–water partition coefficient (Wildman–Crippen LogP) is 0.668. The molecule has 1 saturated heterocycles. The van der Waals surface area contributed by atoms with E-state index in [1.54, 1.807) is 12.4 Å².